The molecule has 0 amide bonds. The Balaban J connectivity index is 1.65. The fourth-order valence-electron chi connectivity index (χ4n) is 4.04. The Kier molecular flexibility index (Phi) is 8.84. The molecule has 1 saturated carbocycles. The number of ether oxygens (including phenoxy) is 2. The van der Waals surface area contributed by atoms with Gasteiger partial charge >= 0.3 is 18.7 Å². The normalized spacial score (nSPS) is 20.8. The molecule has 0 saturated heterocycles. The Hall–Kier alpha value is -2.44. The maximum absolute atomic E-state index is 13.8. The molecule has 0 bridgehead atoms. The third-order valence-corrected chi connectivity index (χ3v) is 5.87. The molecule has 200 valence electrons. The molecule has 3 rings (SSSR count). The maximum atomic E-state index is 13.8. The van der Waals surface area contributed by atoms with E-state index in [9.17, 15) is 40.2 Å². The molecule has 2 N–H and O–H groups in total. The second kappa shape index (κ2) is 11.3. The summed E-state index contributed by atoms with van der Waals surface area (Å²) in [5.41, 5.74) is -3.29. The van der Waals surface area contributed by atoms with Crippen molar-refractivity contribution in [2.75, 3.05) is 6.54 Å². The van der Waals surface area contributed by atoms with Gasteiger partial charge < -0.3 is 14.6 Å². The summed E-state index contributed by atoms with van der Waals surface area (Å²) in [6.07, 6.45) is -15.4. The molecule has 1 aliphatic rings. The smallest absolute Gasteiger partial charge is 0.431 e. The molecule has 0 heterocycles. The number of aliphatic hydroxyl groups is 1. The first kappa shape index (κ1) is 28.1. The van der Waals surface area contributed by atoms with Crippen molar-refractivity contribution in [3.63, 3.8) is 0 Å². The van der Waals surface area contributed by atoms with Gasteiger partial charge in [0.2, 0.25) is 5.72 Å². The highest BCUT2D eigenvalue weighted by atomic mass is 19.4. The van der Waals surface area contributed by atoms with E-state index in [4.69, 9.17) is 4.74 Å². The summed E-state index contributed by atoms with van der Waals surface area (Å²) in [5.74, 6) is -0.685. The maximum Gasteiger partial charge on any atom is 0.431 e. The van der Waals surface area contributed by atoms with Crippen LogP contribution in [-0.2, 0) is 11.2 Å². The van der Waals surface area contributed by atoms with E-state index in [1.54, 1.807) is 0 Å². The van der Waals surface area contributed by atoms with Gasteiger partial charge in [-0.1, -0.05) is 18.6 Å². The lowest BCUT2D eigenvalue weighted by molar-refractivity contribution is -0.322. The zero-order chi connectivity index (χ0) is 26.6. The van der Waals surface area contributed by atoms with Gasteiger partial charge in [0.05, 0.1) is 6.10 Å². The lowest BCUT2D eigenvalue weighted by Gasteiger charge is -2.36. The second-order valence-corrected chi connectivity index (χ2v) is 8.75. The van der Waals surface area contributed by atoms with Gasteiger partial charge in [-0.2, -0.15) is 22.0 Å². The van der Waals surface area contributed by atoms with E-state index in [0.29, 0.717) is 12.8 Å². The molecule has 1 fully saturated rings. The van der Waals surface area contributed by atoms with Crippen molar-refractivity contribution in [1.82, 2.24) is 5.32 Å². The van der Waals surface area contributed by atoms with E-state index in [1.165, 1.54) is 36.4 Å². The highest BCUT2D eigenvalue weighted by Crippen LogP contribution is 2.36. The van der Waals surface area contributed by atoms with E-state index >= 15 is 0 Å². The van der Waals surface area contributed by atoms with Crippen molar-refractivity contribution < 1.29 is 49.7 Å². The van der Waals surface area contributed by atoms with Crippen LogP contribution >= 0.6 is 0 Å². The fraction of sp³-hybridized carbons (Fsp3) is 0.500. The van der Waals surface area contributed by atoms with E-state index < -0.39 is 55.2 Å². The predicted molar refractivity (Wildman–Crippen MR) is 113 cm³/mol. The van der Waals surface area contributed by atoms with Crippen LogP contribution < -0.4 is 10.1 Å². The number of rotatable bonds is 10. The van der Waals surface area contributed by atoms with Crippen molar-refractivity contribution in [3.8, 4) is 11.5 Å². The van der Waals surface area contributed by atoms with Crippen LogP contribution in [0.2, 0.25) is 0 Å². The molecular formula is C24H25F8NO3. The van der Waals surface area contributed by atoms with Crippen LogP contribution in [0.3, 0.4) is 0 Å². The summed E-state index contributed by atoms with van der Waals surface area (Å²) in [6.45, 7) is -0.401. The Bertz CT molecular complexity index is 986. The quantitative estimate of drug-likeness (QED) is 0.276. The number of hydrogen-bond acceptors (Lipinski definition) is 4. The summed E-state index contributed by atoms with van der Waals surface area (Å²) in [5, 5.41) is 12.6. The van der Waals surface area contributed by atoms with Crippen molar-refractivity contribution in [2.24, 2.45) is 5.92 Å². The van der Waals surface area contributed by atoms with Gasteiger partial charge in [-0.25, -0.2) is 13.2 Å². The van der Waals surface area contributed by atoms with E-state index in [1.807, 2.05) is 0 Å². The number of nitrogens with one attached hydrogen (secondary N) is 1. The predicted octanol–water partition coefficient (Wildman–Crippen LogP) is 6.43. The molecule has 2 aromatic carbocycles. The van der Waals surface area contributed by atoms with Gasteiger partial charge in [-0.15, -0.1) is 0 Å². The topological polar surface area (TPSA) is 50.7 Å². The van der Waals surface area contributed by atoms with E-state index in [-0.39, 0.29) is 29.9 Å². The van der Waals surface area contributed by atoms with Crippen LogP contribution in [0.1, 0.15) is 31.2 Å². The fourth-order valence-corrected chi connectivity index (χ4v) is 4.04. The first-order valence-corrected chi connectivity index (χ1v) is 11.2. The SMILES string of the molecule is OC(Cc1cccc(Oc2ccc(F)cc2)c1)(NCC1CCCC(OC(F)(F)C(F)F)C1)C(F)(F)F. The zero-order valence-electron chi connectivity index (χ0n) is 18.9. The minimum absolute atomic E-state index is 0.0726. The average Bonchev–Trinajstić information content (AvgIpc) is 2.79. The van der Waals surface area contributed by atoms with Gasteiger partial charge in [0.1, 0.15) is 17.3 Å². The Morgan fingerprint density at radius 3 is 2.31 bits per heavy atom. The minimum Gasteiger partial charge on any atom is -0.457 e. The van der Waals surface area contributed by atoms with Crippen molar-refractivity contribution in [3.05, 3.63) is 59.9 Å². The summed E-state index contributed by atoms with van der Waals surface area (Å²) in [4.78, 5) is 0. The Labute approximate surface area is 202 Å². The van der Waals surface area contributed by atoms with Gasteiger partial charge in [-0.3, -0.25) is 5.32 Å². The van der Waals surface area contributed by atoms with Gasteiger partial charge in [-0.05, 0) is 67.1 Å². The molecule has 2 aromatic rings. The van der Waals surface area contributed by atoms with Crippen LogP contribution in [0.5, 0.6) is 11.5 Å². The molecule has 4 nitrogen and oxygen atoms in total. The lowest BCUT2D eigenvalue weighted by atomic mass is 9.86. The largest absolute Gasteiger partial charge is 0.457 e. The van der Waals surface area contributed by atoms with Gasteiger partial charge in [0, 0.05) is 13.0 Å². The van der Waals surface area contributed by atoms with Crippen molar-refractivity contribution in [2.45, 2.75) is 62.6 Å². The van der Waals surface area contributed by atoms with Crippen molar-refractivity contribution >= 4 is 0 Å². The zero-order valence-corrected chi connectivity index (χ0v) is 18.9. The molecule has 0 spiro atoms. The molecule has 0 aliphatic heterocycles. The third kappa shape index (κ3) is 7.53. The highest BCUT2D eigenvalue weighted by molar-refractivity contribution is 5.34. The van der Waals surface area contributed by atoms with Crippen LogP contribution in [-0.4, -0.2) is 42.2 Å². The molecule has 0 radical (unpaired) electrons. The van der Waals surface area contributed by atoms with Crippen LogP contribution in [0.25, 0.3) is 0 Å². The average molecular weight is 527 g/mol. The number of halogens is 8. The first-order chi connectivity index (χ1) is 16.8. The second-order valence-electron chi connectivity index (χ2n) is 8.75. The summed E-state index contributed by atoms with van der Waals surface area (Å²) in [7, 11) is 0. The molecule has 1 aliphatic carbocycles. The van der Waals surface area contributed by atoms with Crippen LogP contribution in [0.15, 0.2) is 48.5 Å². The van der Waals surface area contributed by atoms with Crippen LogP contribution in [0, 0.1) is 11.7 Å². The van der Waals surface area contributed by atoms with Crippen molar-refractivity contribution in [1.29, 1.82) is 0 Å². The van der Waals surface area contributed by atoms with Gasteiger partial charge in [0.25, 0.3) is 0 Å². The third-order valence-electron chi connectivity index (χ3n) is 5.87. The Morgan fingerprint density at radius 1 is 0.972 bits per heavy atom. The van der Waals surface area contributed by atoms with E-state index in [0.717, 1.165) is 12.1 Å². The van der Waals surface area contributed by atoms with E-state index in [2.05, 4.69) is 10.1 Å². The molecular weight excluding hydrogens is 502 g/mol. The lowest BCUT2D eigenvalue weighted by Crippen LogP contribution is -2.59. The summed E-state index contributed by atoms with van der Waals surface area (Å²) in [6, 6.07) is 10.5. The molecule has 0 aromatic heterocycles. The summed E-state index contributed by atoms with van der Waals surface area (Å²) >= 11 is 0. The molecule has 3 unspecified atom stereocenters. The van der Waals surface area contributed by atoms with Crippen LogP contribution in [0.4, 0.5) is 35.1 Å². The number of benzene rings is 2. The standard InChI is InChI=1S/C24H25F8NO3/c25-17-7-9-18(10-8-17)35-19-5-1-3-15(11-19)13-22(34,24(30,31)32)33-14-16-4-2-6-20(12-16)36-23(28,29)21(26)27/h1,3,5,7-11,16,20-21,33-34H,2,4,6,12-14H2. The monoisotopic (exact) mass is 527 g/mol. The number of hydrogen-bond donors (Lipinski definition) is 2. The molecule has 3 atom stereocenters. The number of alkyl halides is 7. The van der Waals surface area contributed by atoms with Gasteiger partial charge in [0.15, 0.2) is 0 Å². The minimum atomic E-state index is -5.10. The molecule has 12 heteroatoms. The summed E-state index contributed by atoms with van der Waals surface area (Å²) < 4.78 is 116. The highest BCUT2D eigenvalue weighted by Gasteiger charge is 2.54. The Morgan fingerprint density at radius 2 is 1.67 bits per heavy atom. The first-order valence-electron chi connectivity index (χ1n) is 11.2. The molecule has 36 heavy (non-hydrogen) atoms.